The summed E-state index contributed by atoms with van der Waals surface area (Å²) in [4.78, 5) is 11.9. The number of hydrogen-bond donors (Lipinski definition) is 2. The lowest BCUT2D eigenvalue weighted by molar-refractivity contribution is 0.0151. The lowest BCUT2D eigenvalue weighted by Gasteiger charge is -2.18. The second-order valence-electron chi connectivity index (χ2n) is 4.86. The highest BCUT2D eigenvalue weighted by molar-refractivity contribution is 5.89. The van der Waals surface area contributed by atoms with E-state index in [0.717, 1.165) is 6.42 Å². The summed E-state index contributed by atoms with van der Waals surface area (Å²) in [5, 5.41) is 9.71. The van der Waals surface area contributed by atoms with Gasteiger partial charge < -0.3 is 15.6 Å². The van der Waals surface area contributed by atoms with Crippen LogP contribution in [-0.4, -0.2) is 29.3 Å². The van der Waals surface area contributed by atoms with E-state index in [4.69, 9.17) is 10.5 Å². The van der Waals surface area contributed by atoms with Crippen LogP contribution in [0.5, 0.6) is 0 Å². The van der Waals surface area contributed by atoms with Gasteiger partial charge in [0.05, 0.1) is 11.7 Å². The average Bonchev–Trinajstić information content (AvgIpc) is 2.52. The van der Waals surface area contributed by atoms with Gasteiger partial charge in [-0.05, 0) is 31.4 Å². The second-order valence-corrected chi connectivity index (χ2v) is 4.86. The lowest BCUT2D eigenvalue weighted by Crippen LogP contribution is -2.28. The number of hydrogen-bond acceptors (Lipinski definition) is 4. The van der Waals surface area contributed by atoms with Crippen LogP contribution >= 0.6 is 0 Å². The second kappa shape index (κ2) is 5.98. The third-order valence-electron chi connectivity index (χ3n) is 3.25. The molecule has 2 rings (SSSR count). The van der Waals surface area contributed by atoms with E-state index < -0.39 is 6.10 Å². The van der Waals surface area contributed by atoms with Gasteiger partial charge in [-0.15, -0.1) is 0 Å². The molecule has 1 aliphatic rings. The van der Waals surface area contributed by atoms with Crippen LogP contribution in [0.4, 0.5) is 0 Å². The SMILES string of the molecule is N[C@@H]1CC[C@H](O)C[C@@H](OC(=O)c2ccccc2)C1. The van der Waals surface area contributed by atoms with Gasteiger partial charge in [0.1, 0.15) is 6.10 Å². The Kier molecular flexibility index (Phi) is 4.33. The van der Waals surface area contributed by atoms with Gasteiger partial charge in [-0.1, -0.05) is 18.2 Å². The van der Waals surface area contributed by atoms with Crippen LogP contribution in [0, 0.1) is 0 Å². The van der Waals surface area contributed by atoms with Gasteiger partial charge >= 0.3 is 5.97 Å². The fraction of sp³-hybridized carbons (Fsp3) is 0.500. The Morgan fingerprint density at radius 1 is 1.22 bits per heavy atom. The van der Waals surface area contributed by atoms with Gasteiger partial charge in [0, 0.05) is 12.5 Å². The van der Waals surface area contributed by atoms with Gasteiger partial charge in [-0.3, -0.25) is 0 Å². The molecule has 0 saturated heterocycles. The van der Waals surface area contributed by atoms with Crippen molar-refractivity contribution in [2.75, 3.05) is 0 Å². The molecule has 3 N–H and O–H groups in total. The highest BCUT2D eigenvalue weighted by atomic mass is 16.5. The molecule has 1 saturated carbocycles. The maximum absolute atomic E-state index is 11.9. The molecule has 98 valence electrons. The monoisotopic (exact) mass is 249 g/mol. The first-order valence-corrected chi connectivity index (χ1v) is 6.35. The minimum atomic E-state index is -0.424. The van der Waals surface area contributed by atoms with Crippen LogP contribution in [0.3, 0.4) is 0 Å². The van der Waals surface area contributed by atoms with E-state index >= 15 is 0 Å². The highest BCUT2D eigenvalue weighted by Crippen LogP contribution is 2.21. The Morgan fingerprint density at radius 3 is 2.67 bits per heavy atom. The number of benzene rings is 1. The topological polar surface area (TPSA) is 72.6 Å². The number of aliphatic hydroxyl groups excluding tert-OH is 1. The summed E-state index contributed by atoms with van der Waals surface area (Å²) in [5.74, 6) is -0.345. The van der Waals surface area contributed by atoms with Crippen LogP contribution in [0.15, 0.2) is 30.3 Å². The molecule has 1 aromatic carbocycles. The van der Waals surface area contributed by atoms with Crippen molar-refractivity contribution in [3.63, 3.8) is 0 Å². The molecule has 4 nitrogen and oxygen atoms in total. The predicted molar refractivity (Wildman–Crippen MR) is 68.1 cm³/mol. The Labute approximate surface area is 107 Å². The number of ether oxygens (including phenoxy) is 1. The molecule has 1 fully saturated rings. The minimum absolute atomic E-state index is 0.00396. The van der Waals surface area contributed by atoms with E-state index in [1.54, 1.807) is 24.3 Å². The average molecular weight is 249 g/mol. The van der Waals surface area contributed by atoms with Gasteiger partial charge in [0.25, 0.3) is 0 Å². The smallest absolute Gasteiger partial charge is 0.338 e. The van der Waals surface area contributed by atoms with Crippen molar-refractivity contribution in [1.82, 2.24) is 0 Å². The van der Waals surface area contributed by atoms with Crippen LogP contribution in [-0.2, 0) is 4.74 Å². The molecule has 1 aromatic rings. The van der Waals surface area contributed by atoms with Crippen LogP contribution in [0.2, 0.25) is 0 Å². The van der Waals surface area contributed by atoms with Gasteiger partial charge in [0.2, 0.25) is 0 Å². The molecular formula is C14H19NO3. The number of aliphatic hydroxyl groups is 1. The number of carbonyl (C=O) groups is 1. The predicted octanol–water partition coefficient (Wildman–Crippen LogP) is 1.47. The summed E-state index contributed by atoms with van der Waals surface area (Å²) in [5.41, 5.74) is 6.43. The maximum atomic E-state index is 11.9. The molecule has 0 spiro atoms. The number of nitrogens with two attached hydrogens (primary N) is 1. The largest absolute Gasteiger partial charge is 0.459 e. The van der Waals surface area contributed by atoms with E-state index in [9.17, 15) is 9.90 Å². The molecule has 0 aromatic heterocycles. The van der Waals surface area contributed by atoms with Crippen LogP contribution < -0.4 is 5.73 Å². The summed E-state index contributed by atoms with van der Waals surface area (Å²) in [6, 6.07) is 8.87. The van der Waals surface area contributed by atoms with Crippen molar-refractivity contribution in [2.45, 2.75) is 43.9 Å². The van der Waals surface area contributed by atoms with E-state index in [1.165, 1.54) is 0 Å². The molecule has 0 bridgehead atoms. The number of carbonyl (C=O) groups excluding carboxylic acids is 1. The molecule has 0 unspecified atom stereocenters. The van der Waals surface area contributed by atoms with Gasteiger partial charge in [0.15, 0.2) is 0 Å². The van der Waals surface area contributed by atoms with Crippen LogP contribution in [0.1, 0.15) is 36.0 Å². The Morgan fingerprint density at radius 2 is 1.94 bits per heavy atom. The molecule has 4 heteroatoms. The molecule has 1 aliphatic carbocycles. The fourth-order valence-electron chi connectivity index (χ4n) is 2.27. The quantitative estimate of drug-likeness (QED) is 0.615. The summed E-state index contributed by atoms with van der Waals surface area (Å²) >= 11 is 0. The first kappa shape index (κ1) is 13.1. The molecule has 18 heavy (non-hydrogen) atoms. The first-order valence-electron chi connectivity index (χ1n) is 6.35. The zero-order chi connectivity index (χ0) is 13.0. The molecule has 0 radical (unpaired) electrons. The van der Waals surface area contributed by atoms with E-state index in [2.05, 4.69) is 0 Å². The third-order valence-corrected chi connectivity index (χ3v) is 3.25. The van der Waals surface area contributed by atoms with Gasteiger partial charge in [-0.2, -0.15) is 0 Å². The molecule has 0 heterocycles. The maximum Gasteiger partial charge on any atom is 0.338 e. The Balaban J connectivity index is 1.97. The molecule has 3 atom stereocenters. The van der Waals surface area contributed by atoms with E-state index in [-0.39, 0.29) is 18.1 Å². The van der Waals surface area contributed by atoms with Gasteiger partial charge in [-0.25, -0.2) is 4.79 Å². The van der Waals surface area contributed by atoms with Crippen molar-refractivity contribution in [3.8, 4) is 0 Å². The normalized spacial score (nSPS) is 28.4. The van der Waals surface area contributed by atoms with Crippen molar-refractivity contribution in [3.05, 3.63) is 35.9 Å². The standard InChI is InChI=1S/C14H19NO3/c15-11-6-7-12(16)9-13(8-11)18-14(17)10-4-2-1-3-5-10/h1-5,11-13,16H,6-9,15H2/t11-,12+,13+/m1/s1. The zero-order valence-electron chi connectivity index (χ0n) is 10.3. The first-order chi connectivity index (χ1) is 8.65. The zero-order valence-corrected chi connectivity index (χ0v) is 10.3. The van der Waals surface area contributed by atoms with Crippen molar-refractivity contribution in [1.29, 1.82) is 0 Å². The van der Waals surface area contributed by atoms with Crippen molar-refractivity contribution < 1.29 is 14.6 Å². The highest BCUT2D eigenvalue weighted by Gasteiger charge is 2.25. The Bertz CT molecular complexity index is 381. The number of esters is 1. The minimum Gasteiger partial charge on any atom is -0.459 e. The summed E-state index contributed by atoms with van der Waals surface area (Å²) in [6.45, 7) is 0. The molecule has 0 aliphatic heterocycles. The van der Waals surface area contributed by atoms with E-state index in [0.29, 0.717) is 24.8 Å². The van der Waals surface area contributed by atoms with E-state index in [1.807, 2.05) is 6.07 Å². The lowest BCUT2D eigenvalue weighted by atomic mass is 10.1. The Hall–Kier alpha value is -1.39. The summed E-state index contributed by atoms with van der Waals surface area (Å²) in [7, 11) is 0. The fourth-order valence-corrected chi connectivity index (χ4v) is 2.27. The van der Waals surface area contributed by atoms with Crippen molar-refractivity contribution >= 4 is 5.97 Å². The third kappa shape index (κ3) is 3.55. The summed E-state index contributed by atoms with van der Waals surface area (Å²) < 4.78 is 5.42. The molecular weight excluding hydrogens is 230 g/mol. The summed E-state index contributed by atoms with van der Waals surface area (Å²) in [6.07, 6.45) is 1.85. The molecule has 0 amide bonds. The van der Waals surface area contributed by atoms with Crippen molar-refractivity contribution in [2.24, 2.45) is 5.73 Å². The number of rotatable bonds is 2. The van der Waals surface area contributed by atoms with Crippen LogP contribution in [0.25, 0.3) is 0 Å².